The minimum Gasteiger partial charge on any atom is -0.353 e. The zero-order chi connectivity index (χ0) is 16.9. The van der Waals surface area contributed by atoms with Crippen molar-refractivity contribution in [2.24, 2.45) is 0 Å². The van der Waals surface area contributed by atoms with Crippen LogP contribution in [0.4, 0.5) is 22.0 Å². The van der Waals surface area contributed by atoms with Gasteiger partial charge < -0.3 is 15.1 Å². The Morgan fingerprint density at radius 2 is 1.79 bits per heavy atom. The number of hydrogen-bond donors (Lipinski definition) is 1. The lowest BCUT2D eigenvalue weighted by molar-refractivity contribution is -0.385. The van der Waals surface area contributed by atoms with Gasteiger partial charge in [0, 0.05) is 37.9 Å². The van der Waals surface area contributed by atoms with Gasteiger partial charge in [-0.1, -0.05) is 18.2 Å². The Bertz CT molecular complexity index is 712. The normalized spacial score (nSPS) is 14.3. The third kappa shape index (κ3) is 3.60. The summed E-state index contributed by atoms with van der Waals surface area (Å²) in [6, 6.07) is 12.3. The maximum absolute atomic E-state index is 12.2. The van der Waals surface area contributed by atoms with Crippen molar-refractivity contribution in [1.29, 1.82) is 0 Å². The summed E-state index contributed by atoms with van der Waals surface area (Å²) >= 11 is 0. The van der Waals surface area contributed by atoms with Gasteiger partial charge in [0.25, 0.3) is 5.69 Å². The molecule has 0 unspecified atom stereocenters. The van der Waals surface area contributed by atoms with Crippen molar-refractivity contribution in [1.82, 2.24) is 9.88 Å². The smallest absolute Gasteiger partial charge is 0.321 e. The zero-order valence-corrected chi connectivity index (χ0v) is 13.0. The van der Waals surface area contributed by atoms with Gasteiger partial charge in [0.05, 0.1) is 4.92 Å². The minimum atomic E-state index is -0.470. The summed E-state index contributed by atoms with van der Waals surface area (Å²) in [4.78, 5) is 30.3. The number of carbonyl (C=O) groups excluding carboxylic acids is 1. The highest BCUT2D eigenvalue weighted by Crippen LogP contribution is 2.17. The number of aromatic nitrogens is 1. The van der Waals surface area contributed by atoms with E-state index in [4.69, 9.17) is 0 Å². The summed E-state index contributed by atoms with van der Waals surface area (Å²) in [7, 11) is 0. The van der Waals surface area contributed by atoms with Crippen LogP contribution in [0.25, 0.3) is 0 Å². The first kappa shape index (κ1) is 15.7. The first-order chi connectivity index (χ1) is 11.6. The van der Waals surface area contributed by atoms with E-state index in [1.165, 1.54) is 12.3 Å². The highest BCUT2D eigenvalue weighted by molar-refractivity contribution is 5.89. The molecule has 8 nitrogen and oxygen atoms in total. The summed E-state index contributed by atoms with van der Waals surface area (Å²) < 4.78 is 0. The number of urea groups is 1. The Morgan fingerprint density at radius 1 is 1.08 bits per heavy atom. The van der Waals surface area contributed by atoms with Crippen LogP contribution in [0, 0.1) is 10.1 Å². The molecule has 0 bridgehead atoms. The van der Waals surface area contributed by atoms with Gasteiger partial charge in [-0.3, -0.25) is 10.1 Å². The topological polar surface area (TPSA) is 91.6 Å². The molecular weight excluding hydrogens is 310 g/mol. The second-order valence-electron chi connectivity index (χ2n) is 5.40. The second kappa shape index (κ2) is 6.95. The fourth-order valence-corrected chi connectivity index (χ4v) is 2.54. The number of hydrogen-bond acceptors (Lipinski definition) is 5. The Morgan fingerprint density at radius 3 is 2.38 bits per heavy atom. The van der Waals surface area contributed by atoms with Crippen LogP contribution in [0.15, 0.2) is 48.7 Å². The first-order valence-corrected chi connectivity index (χ1v) is 7.60. The van der Waals surface area contributed by atoms with Crippen LogP contribution in [0.3, 0.4) is 0 Å². The van der Waals surface area contributed by atoms with Gasteiger partial charge in [0.1, 0.15) is 12.0 Å². The molecule has 1 aliphatic heterocycles. The Labute approximate surface area is 138 Å². The van der Waals surface area contributed by atoms with Crippen LogP contribution >= 0.6 is 0 Å². The molecule has 0 radical (unpaired) electrons. The molecule has 1 fully saturated rings. The fourth-order valence-electron chi connectivity index (χ4n) is 2.54. The standard InChI is InChI=1S/C16H17N5O3/c22-16(18-13-4-2-1-3-5-13)20-10-8-19(9-11-20)15-7-6-14(12-17-15)21(23)24/h1-7,12H,8-11H2,(H,18,22). The lowest BCUT2D eigenvalue weighted by atomic mass is 10.3. The lowest BCUT2D eigenvalue weighted by Crippen LogP contribution is -2.50. The molecule has 8 heteroatoms. The van der Waals surface area contributed by atoms with Crippen molar-refractivity contribution in [3.63, 3.8) is 0 Å². The zero-order valence-electron chi connectivity index (χ0n) is 13.0. The fraction of sp³-hybridized carbons (Fsp3) is 0.250. The number of nitrogens with zero attached hydrogens (tertiary/aromatic N) is 4. The number of nitro groups is 1. The molecule has 24 heavy (non-hydrogen) atoms. The van der Waals surface area contributed by atoms with E-state index in [0.29, 0.717) is 32.0 Å². The number of pyridine rings is 1. The quantitative estimate of drug-likeness (QED) is 0.690. The van der Waals surface area contributed by atoms with E-state index in [-0.39, 0.29) is 11.7 Å². The molecule has 2 aromatic rings. The van der Waals surface area contributed by atoms with Gasteiger partial charge in [-0.15, -0.1) is 0 Å². The Kier molecular flexibility index (Phi) is 4.55. The van der Waals surface area contributed by atoms with E-state index < -0.39 is 4.92 Å². The summed E-state index contributed by atoms with van der Waals surface area (Å²) in [6.07, 6.45) is 1.25. The number of para-hydroxylation sites is 1. The second-order valence-corrected chi connectivity index (χ2v) is 5.40. The molecule has 0 atom stereocenters. The number of piperazine rings is 1. The molecule has 3 rings (SSSR count). The lowest BCUT2D eigenvalue weighted by Gasteiger charge is -2.35. The van der Waals surface area contributed by atoms with Crippen LogP contribution in [0.1, 0.15) is 0 Å². The molecule has 1 saturated heterocycles. The van der Waals surface area contributed by atoms with Crippen molar-refractivity contribution in [3.05, 3.63) is 58.8 Å². The number of rotatable bonds is 3. The third-order valence-corrected chi connectivity index (χ3v) is 3.86. The predicted octanol–water partition coefficient (Wildman–Crippen LogP) is 2.34. The molecule has 2 heterocycles. The van der Waals surface area contributed by atoms with Gasteiger partial charge in [0.15, 0.2) is 0 Å². The van der Waals surface area contributed by atoms with E-state index >= 15 is 0 Å². The van der Waals surface area contributed by atoms with Gasteiger partial charge in [0.2, 0.25) is 0 Å². The number of anilines is 2. The van der Waals surface area contributed by atoms with Crippen LogP contribution in [0.5, 0.6) is 0 Å². The molecule has 1 N–H and O–H groups in total. The highest BCUT2D eigenvalue weighted by atomic mass is 16.6. The van der Waals surface area contributed by atoms with Gasteiger partial charge in [-0.2, -0.15) is 0 Å². The van der Waals surface area contributed by atoms with Gasteiger partial charge in [-0.25, -0.2) is 9.78 Å². The van der Waals surface area contributed by atoms with Crippen molar-refractivity contribution < 1.29 is 9.72 Å². The van der Waals surface area contributed by atoms with Gasteiger partial charge in [-0.05, 0) is 18.2 Å². The molecular formula is C16H17N5O3. The van der Waals surface area contributed by atoms with E-state index in [0.717, 1.165) is 5.69 Å². The molecule has 0 spiro atoms. The maximum Gasteiger partial charge on any atom is 0.321 e. The van der Waals surface area contributed by atoms with Crippen LogP contribution < -0.4 is 10.2 Å². The Balaban J connectivity index is 1.55. The van der Waals surface area contributed by atoms with Crippen LogP contribution in [-0.4, -0.2) is 47.0 Å². The monoisotopic (exact) mass is 327 g/mol. The van der Waals surface area contributed by atoms with E-state index in [9.17, 15) is 14.9 Å². The van der Waals surface area contributed by atoms with Crippen molar-refractivity contribution >= 4 is 23.2 Å². The molecule has 1 aliphatic rings. The summed E-state index contributed by atoms with van der Waals surface area (Å²) in [5.74, 6) is 0.684. The molecule has 0 saturated carbocycles. The van der Waals surface area contributed by atoms with E-state index in [1.807, 2.05) is 35.2 Å². The van der Waals surface area contributed by atoms with E-state index in [1.54, 1.807) is 11.0 Å². The predicted molar refractivity (Wildman–Crippen MR) is 90.1 cm³/mol. The number of nitrogens with one attached hydrogen (secondary N) is 1. The van der Waals surface area contributed by atoms with Crippen LogP contribution in [0.2, 0.25) is 0 Å². The SMILES string of the molecule is O=C(Nc1ccccc1)N1CCN(c2ccc([N+](=O)[O-])cn2)CC1. The molecule has 124 valence electrons. The summed E-state index contributed by atoms with van der Waals surface area (Å²) in [5, 5.41) is 13.5. The van der Waals surface area contributed by atoms with E-state index in [2.05, 4.69) is 10.3 Å². The molecule has 1 aromatic heterocycles. The third-order valence-electron chi connectivity index (χ3n) is 3.86. The van der Waals surface area contributed by atoms with Crippen molar-refractivity contribution in [2.45, 2.75) is 0 Å². The van der Waals surface area contributed by atoms with Gasteiger partial charge >= 0.3 is 6.03 Å². The van der Waals surface area contributed by atoms with Crippen molar-refractivity contribution in [2.75, 3.05) is 36.4 Å². The molecule has 1 aromatic carbocycles. The average Bonchev–Trinajstić information content (AvgIpc) is 2.63. The Hall–Kier alpha value is -3.16. The average molecular weight is 327 g/mol. The maximum atomic E-state index is 12.2. The highest BCUT2D eigenvalue weighted by Gasteiger charge is 2.22. The summed E-state index contributed by atoms with van der Waals surface area (Å²) in [5.41, 5.74) is 0.738. The molecule has 2 amide bonds. The number of amides is 2. The molecule has 0 aliphatic carbocycles. The van der Waals surface area contributed by atoms with Crippen LogP contribution in [-0.2, 0) is 0 Å². The van der Waals surface area contributed by atoms with Crippen molar-refractivity contribution in [3.8, 4) is 0 Å². The summed E-state index contributed by atoms with van der Waals surface area (Å²) in [6.45, 7) is 2.40. The largest absolute Gasteiger partial charge is 0.353 e. The minimum absolute atomic E-state index is 0.0281. The number of carbonyl (C=O) groups is 1. The first-order valence-electron chi connectivity index (χ1n) is 7.60. The number of benzene rings is 1.